The van der Waals surface area contributed by atoms with Gasteiger partial charge in [-0.2, -0.15) is 0 Å². The van der Waals surface area contributed by atoms with Crippen molar-refractivity contribution < 1.29 is 23.8 Å². The van der Waals surface area contributed by atoms with E-state index >= 15 is 0 Å². The molecule has 1 fully saturated rings. The number of hydrogen-bond donors (Lipinski definition) is 1. The Hall–Kier alpha value is -4.09. The largest absolute Gasteiger partial charge is 0.507 e. The molecule has 4 aromatic rings. The Morgan fingerprint density at radius 2 is 1.86 bits per heavy atom. The van der Waals surface area contributed by atoms with E-state index in [9.17, 15) is 19.1 Å². The summed E-state index contributed by atoms with van der Waals surface area (Å²) in [6, 6.07) is 15.2. The number of hydrogen-bond acceptors (Lipinski definition) is 9. The van der Waals surface area contributed by atoms with Gasteiger partial charge in [0, 0.05) is 23.7 Å². The fourth-order valence-electron chi connectivity index (χ4n) is 3.91. The summed E-state index contributed by atoms with van der Waals surface area (Å²) in [6.07, 6.45) is 2.97. The average Bonchev–Trinajstić information content (AvgIpc) is 3.50. The molecule has 0 saturated carbocycles. The van der Waals surface area contributed by atoms with E-state index in [1.165, 1.54) is 48.3 Å². The minimum atomic E-state index is -0.953. The second-order valence-corrected chi connectivity index (χ2v) is 10.1. The van der Waals surface area contributed by atoms with Gasteiger partial charge in [-0.25, -0.2) is 4.39 Å². The van der Waals surface area contributed by atoms with Gasteiger partial charge in [0.25, 0.3) is 5.78 Å². The number of aliphatic hydroxyl groups is 1. The first-order valence-corrected chi connectivity index (χ1v) is 12.8. The lowest BCUT2D eigenvalue weighted by molar-refractivity contribution is -0.132. The minimum Gasteiger partial charge on any atom is -0.507 e. The Morgan fingerprint density at radius 1 is 1.11 bits per heavy atom. The molecule has 1 atom stereocenters. The average molecular weight is 535 g/mol. The van der Waals surface area contributed by atoms with Gasteiger partial charge in [0.2, 0.25) is 5.13 Å². The lowest BCUT2D eigenvalue weighted by Crippen LogP contribution is -2.29. The maximum atomic E-state index is 13.3. The number of aromatic nitrogens is 3. The number of pyridine rings is 1. The van der Waals surface area contributed by atoms with Crippen LogP contribution in [-0.2, 0) is 15.3 Å². The predicted octanol–water partition coefficient (Wildman–Crippen LogP) is 5.00. The van der Waals surface area contributed by atoms with Gasteiger partial charge in [0.05, 0.1) is 18.7 Å². The van der Waals surface area contributed by atoms with Crippen molar-refractivity contribution in [2.24, 2.45) is 0 Å². The highest BCUT2D eigenvalue weighted by Gasteiger charge is 2.48. The third-order valence-electron chi connectivity index (χ3n) is 5.69. The summed E-state index contributed by atoms with van der Waals surface area (Å²) in [5.41, 5.74) is 1.75. The minimum absolute atomic E-state index is 0.0693. The van der Waals surface area contributed by atoms with Gasteiger partial charge in [-0.05, 0) is 47.5 Å². The van der Waals surface area contributed by atoms with Crippen LogP contribution >= 0.6 is 23.1 Å². The quantitative estimate of drug-likeness (QED) is 0.116. The van der Waals surface area contributed by atoms with E-state index < -0.39 is 17.7 Å². The fraction of sp³-hybridized carbons (Fsp3) is 0.115. The van der Waals surface area contributed by atoms with Crippen molar-refractivity contribution >= 4 is 45.7 Å². The molecule has 0 radical (unpaired) electrons. The summed E-state index contributed by atoms with van der Waals surface area (Å²) in [5.74, 6) is -1.24. The molecule has 0 aliphatic carbocycles. The fourth-order valence-corrected chi connectivity index (χ4v) is 5.73. The van der Waals surface area contributed by atoms with Gasteiger partial charge in [-0.1, -0.05) is 47.4 Å². The lowest BCUT2D eigenvalue weighted by atomic mass is 9.95. The molecule has 1 unspecified atom stereocenters. The molecular formula is C26H19FN4O4S2. The number of nitrogens with zero attached hydrogens (tertiary/aromatic N) is 4. The highest BCUT2D eigenvalue weighted by Crippen LogP contribution is 2.44. The first-order valence-electron chi connectivity index (χ1n) is 11.0. The summed E-state index contributed by atoms with van der Waals surface area (Å²) >= 11 is 2.53. The van der Waals surface area contributed by atoms with Crippen LogP contribution in [0.15, 0.2) is 83.0 Å². The molecule has 1 amide bonds. The summed E-state index contributed by atoms with van der Waals surface area (Å²) in [4.78, 5) is 31.7. The number of benzene rings is 2. The number of thioether (sulfide) groups is 1. The number of Topliss-reactive ketones (excluding diaryl/α,β-unsaturated/α-hetero) is 1. The van der Waals surface area contributed by atoms with Crippen LogP contribution < -0.4 is 9.64 Å². The summed E-state index contributed by atoms with van der Waals surface area (Å²) in [5, 5.41) is 19.7. The molecule has 186 valence electrons. The molecular weight excluding hydrogens is 515 g/mol. The number of carbonyl (C=O) groups is 2. The van der Waals surface area contributed by atoms with Crippen LogP contribution in [0.2, 0.25) is 0 Å². The normalized spacial score (nSPS) is 16.8. The molecule has 3 heterocycles. The van der Waals surface area contributed by atoms with Gasteiger partial charge >= 0.3 is 5.91 Å². The molecule has 2 aromatic heterocycles. The van der Waals surface area contributed by atoms with E-state index in [-0.39, 0.29) is 22.3 Å². The highest BCUT2D eigenvalue weighted by molar-refractivity contribution is 8.00. The molecule has 0 bridgehead atoms. The number of ketones is 1. The van der Waals surface area contributed by atoms with Crippen LogP contribution in [-0.4, -0.2) is 39.1 Å². The van der Waals surface area contributed by atoms with Crippen molar-refractivity contribution in [1.82, 2.24) is 15.2 Å². The zero-order valence-corrected chi connectivity index (χ0v) is 21.0. The molecule has 5 rings (SSSR count). The van der Waals surface area contributed by atoms with Gasteiger partial charge in [0.1, 0.15) is 17.3 Å². The highest BCUT2D eigenvalue weighted by atomic mass is 32.2. The Bertz CT molecular complexity index is 1490. The molecule has 1 saturated heterocycles. The molecule has 11 heteroatoms. The number of aliphatic hydroxyl groups excluding tert-OH is 1. The van der Waals surface area contributed by atoms with Crippen molar-refractivity contribution in [3.8, 4) is 5.75 Å². The van der Waals surface area contributed by atoms with Crippen molar-refractivity contribution in [3.05, 3.63) is 101 Å². The Balaban J connectivity index is 1.54. The second kappa shape index (κ2) is 10.5. The maximum Gasteiger partial charge on any atom is 0.301 e. The van der Waals surface area contributed by atoms with E-state index in [1.54, 1.807) is 48.5 Å². The van der Waals surface area contributed by atoms with E-state index in [2.05, 4.69) is 15.2 Å². The van der Waals surface area contributed by atoms with Crippen molar-refractivity contribution in [2.75, 3.05) is 12.0 Å². The van der Waals surface area contributed by atoms with Crippen LogP contribution in [0.25, 0.3) is 5.76 Å². The van der Waals surface area contributed by atoms with Crippen molar-refractivity contribution in [2.45, 2.75) is 16.1 Å². The van der Waals surface area contributed by atoms with Crippen molar-refractivity contribution in [3.63, 3.8) is 0 Å². The summed E-state index contributed by atoms with van der Waals surface area (Å²) < 4.78 is 19.1. The summed E-state index contributed by atoms with van der Waals surface area (Å²) in [7, 11) is 1.52. The van der Waals surface area contributed by atoms with Crippen LogP contribution in [0.1, 0.15) is 22.7 Å². The number of rotatable bonds is 7. The van der Waals surface area contributed by atoms with E-state index in [4.69, 9.17) is 4.74 Å². The smallest absolute Gasteiger partial charge is 0.301 e. The standard InChI is InChI=1S/C26H19FN4O4S2/c1-35-19-4-2-3-17(13-19)21-20(22(32)16-9-11-28-12-10-16)23(33)24(34)31(21)25-29-30-26(37-25)36-14-15-5-7-18(27)8-6-15/h2-13,21,32H,14H2,1H3. The molecule has 1 aliphatic rings. The Kier molecular flexibility index (Phi) is 6.97. The second-order valence-electron chi connectivity index (χ2n) is 7.95. The van der Waals surface area contributed by atoms with E-state index in [0.29, 0.717) is 27.0 Å². The predicted molar refractivity (Wildman–Crippen MR) is 138 cm³/mol. The number of ether oxygens (including phenoxy) is 1. The van der Waals surface area contributed by atoms with Crippen LogP contribution in [0.5, 0.6) is 5.75 Å². The Labute approximate surface area is 219 Å². The SMILES string of the molecule is COc1cccc(C2C(=C(O)c3ccncc3)C(=O)C(=O)N2c2nnc(SCc3ccc(F)cc3)s2)c1. The molecule has 2 aromatic carbocycles. The van der Waals surface area contributed by atoms with Gasteiger partial charge in [-0.15, -0.1) is 10.2 Å². The number of carbonyl (C=O) groups excluding carboxylic acids is 2. The van der Waals surface area contributed by atoms with Crippen molar-refractivity contribution in [1.29, 1.82) is 0 Å². The Morgan fingerprint density at radius 3 is 2.59 bits per heavy atom. The zero-order chi connectivity index (χ0) is 25.9. The van der Waals surface area contributed by atoms with Gasteiger partial charge < -0.3 is 9.84 Å². The van der Waals surface area contributed by atoms with Crippen LogP contribution in [0.3, 0.4) is 0 Å². The molecule has 1 aliphatic heterocycles. The lowest BCUT2D eigenvalue weighted by Gasteiger charge is -2.22. The number of anilines is 1. The molecule has 8 nitrogen and oxygen atoms in total. The first-order chi connectivity index (χ1) is 18.0. The number of halogens is 1. The topological polar surface area (TPSA) is 106 Å². The monoisotopic (exact) mass is 534 g/mol. The third kappa shape index (κ3) is 4.95. The first kappa shape index (κ1) is 24.6. The third-order valence-corrected chi connectivity index (χ3v) is 7.81. The van der Waals surface area contributed by atoms with Crippen LogP contribution in [0, 0.1) is 5.82 Å². The summed E-state index contributed by atoms with van der Waals surface area (Å²) in [6.45, 7) is 0. The van der Waals surface area contributed by atoms with E-state index in [0.717, 1.165) is 16.9 Å². The zero-order valence-electron chi connectivity index (χ0n) is 19.4. The molecule has 37 heavy (non-hydrogen) atoms. The van der Waals surface area contributed by atoms with Crippen LogP contribution in [0.4, 0.5) is 9.52 Å². The number of methoxy groups -OCH3 is 1. The van der Waals surface area contributed by atoms with E-state index in [1.807, 2.05) is 0 Å². The van der Waals surface area contributed by atoms with Gasteiger partial charge in [0.15, 0.2) is 4.34 Å². The maximum absolute atomic E-state index is 13.3. The van der Waals surface area contributed by atoms with Gasteiger partial charge in [-0.3, -0.25) is 19.5 Å². The molecule has 1 N–H and O–H groups in total. The number of amides is 1. The molecule has 0 spiro atoms.